The summed E-state index contributed by atoms with van der Waals surface area (Å²) in [5.74, 6) is -1.22. The summed E-state index contributed by atoms with van der Waals surface area (Å²) < 4.78 is 5.37. The zero-order valence-corrected chi connectivity index (χ0v) is 12.6. The van der Waals surface area contributed by atoms with E-state index in [1.165, 1.54) is 0 Å². The van der Waals surface area contributed by atoms with Crippen molar-refractivity contribution < 1.29 is 19.4 Å². The van der Waals surface area contributed by atoms with E-state index in [1.54, 1.807) is 4.90 Å². The lowest BCUT2D eigenvalue weighted by Gasteiger charge is -2.40. The van der Waals surface area contributed by atoms with Crippen LogP contribution in [0.4, 0.5) is 4.79 Å². The van der Waals surface area contributed by atoms with E-state index in [0.717, 1.165) is 25.7 Å². The highest BCUT2D eigenvalue weighted by Crippen LogP contribution is 2.48. The number of carbonyl (C=O) groups excluding carboxylic acids is 2. The largest absolute Gasteiger partial charge is 0.550 e. The predicted octanol–water partition coefficient (Wildman–Crippen LogP) is 1.55. The van der Waals surface area contributed by atoms with E-state index >= 15 is 0 Å². The van der Waals surface area contributed by atoms with E-state index in [0.29, 0.717) is 19.5 Å². The van der Waals surface area contributed by atoms with Gasteiger partial charge in [0.05, 0.1) is 0 Å². The fourth-order valence-corrected chi connectivity index (χ4v) is 3.35. The molecule has 20 heavy (non-hydrogen) atoms. The summed E-state index contributed by atoms with van der Waals surface area (Å²) in [5.41, 5.74) is -0.372. The summed E-state index contributed by atoms with van der Waals surface area (Å²) in [6.45, 7) is 6.90. The number of carboxylic acids is 1. The molecule has 0 N–H and O–H groups in total. The molecule has 0 radical (unpaired) electrons. The molecule has 114 valence electrons. The van der Waals surface area contributed by atoms with Gasteiger partial charge in [0.2, 0.25) is 0 Å². The number of hydrogen-bond donors (Lipinski definition) is 0. The van der Waals surface area contributed by atoms with Crippen LogP contribution in [0.1, 0.15) is 52.9 Å². The van der Waals surface area contributed by atoms with Crippen molar-refractivity contribution in [2.24, 2.45) is 11.3 Å². The summed E-state index contributed by atoms with van der Waals surface area (Å²) >= 11 is 0. The van der Waals surface area contributed by atoms with Gasteiger partial charge in [0.1, 0.15) is 5.60 Å². The zero-order valence-electron chi connectivity index (χ0n) is 12.6. The average molecular weight is 282 g/mol. The molecule has 1 aliphatic heterocycles. The Morgan fingerprint density at radius 1 is 1.20 bits per heavy atom. The van der Waals surface area contributed by atoms with Crippen molar-refractivity contribution in [2.75, 3.05) is 13.1 Å². The van der Waals surface area contributed by atoms with Crippen LogP contribution in [-0.2, 0) is 9.53 Å². The number of likely N-dealkylation sites (tertiary alicyclic amines) is 1. The Bertz CT molecular complexity index is 391. The van der Waals surface area contributed by atoms with E-state index in [1.807, 2.05) is 20.8 Å². The average Bonchev–Trinajstić information content (AvgIpc) is 2.72. The quantitative estimate of drug-likeness (QED) is 0.731. The minimum Gasteiger partial charge on any atom is -0.550 e. The Labute approximate surface area is 120 Å². The van der Waals surface area contributed by atoms with Crippen LogP contribution in [-0.4, -0.2) is 35.7 Å². The Balaban J connectivity index is 1.87. The van der Waals surface area contributed by atoms with Crippen LogP contribution in [0.3, 0.4) is 0 Å². The molecule has 1 heterocycles. The van der Waals surface area contributed by atoms with Crippen molar-refractivity contribution in [3.63, 3.8) is 0 Å². The van der Waals surface area contributed by atoms with Gasteiger partial charge in [-0.1, -0.05) is 0 Å². The molecule has 1 atom stereocenters. The fraction of sp³-hybridized carbons (Fsp3) is 0.867. The summed E-state index contributed by atoms with van der Waals surface area (Å²) in [4.78, 5) is 24.7. The van der Waals surface area contributed by atoms with E-state index in [4.69, 9.17) is 4.74 Å². The van der Waals surface area contributed by atoms with Gasteiger partial charge in [0, 0.05) is 19.1 Å². The number of amides is 1. The Morgan fingerprint density at radius 2 is 1.80 bits per heavy atom. The molecule has 1 amide bonds. The van der Waals surface area contributed by atoms with Gasteiger partial charge in [0.25, 0.3) is 0 Å². The molecular weight excluding hydrogens is 258 g/mol. The van der Waals surface area contributed by atoms with Gasteiger partial charge in [-0.3, -0.25) is 0 Å². The molecule has 5 nitrogen and oxygen atoms in total. The normalized spacial score (nSPS) is 25.8. The highest BCUT2D eigenvalue weighted by Gasteiger charge is 2.42. The highest BCUT2D eigenvalue weighted by molar-refractivity contribution is 5.69. The third-order valence-electron chi connectivity index (χ3n) is 4.51. The number of aliphatic carboxylic acids is 1. The summed E-state index contributed by atoms with van der Waals surface area (Å²) in [6, 6.07) is 0. The molecule has 1 aliphatic carbocycles. The van der Waals surface area contributed by atoms with Crippen molar-refractivity contribution in [1.29, 1.82) is 0 Å². The number of nitrogens with zero attached hydrogens (tertiary/aromatic N) is 1. The second kappa shape index (κ2) is 5.26. The summed E-state index contributed by atoms with van der Waals surface area (Å²) in [5, 5.41) is 11.0. The van der Waals surface area contributed by atoms with Crippen molar-refractivity contribution in [1.82, 2.24) is 4.90 Å². The Kier molecular flexibility index (Phi) is 3.98. The number of hydrogen-bond acceptors (Lipinski definition) is 4. The predicted molar refractivity (Wildman–Crippen MR) is 71.8 cm³/mol. The molecular formula is C15H24NO4-. The highest BCUT2D eigenvalue weighted by atomic mass is 16.6. The first-order valence-corrected chi connectivity index (χ1v) is 7.40. The number of rotatable bonds is 1. The third-order valence-corrected chi connectivity index (χ3v) is 4.51. The molecule has 1 unspecified atom stereocenters. The molecule has 1 spiro atoms. The molecule has 2 aliphatic rings. The van der Waals surface area contributed by atoms with Gasteiger partial charge in [-0.2, -0.15) is 0 Å². The Morgan fingerprint density at radius 3 is 2.25 bits per heavy atom. The van der Waals surface area contributed by atoms with E-state index < -0.39 is 11.6 Å². The van der Waals surface area contributed by atoms with Crippen LogP contribution < -0.4 is 5.11 Å². The van der Waals surface area contributed by atoms with E-state index in [9.17, 15) is 14.7 Å². The van der Waals surface area contributed by atoms with Crippen LogP contribution in [0.5, 0.6) is 0 Å². The van der Waals surface area contributed by atoms with Gasteiger partial charge in [-0.05, 0) is 64.2 Å². The number of ether oxygens (including phenoxy) is 1. The number of piperidine rings is 1. The topological polar surface area (TPSA) is 69.7 Å². The molecule has 2 rings (SSSR count). The van der Waals surface area contributed by atoms with Crippen LogP contribution in [0, 0.1) is 11.3 Å². The third kappa shape index (κ3) is 3.44. The maximum Gasteiger partial charge on any atom is 0.410 e. The summed E-state index contributed by atoms with van der Waals surface area (Å²) in [7, 11) is 0. The van der Waals surface area contributed by atoms with Gasteiger partial charge in [-0.25, -0.2) is 4.79 Å². The van der Waals surface area contributed by atoms with Gasteiger partial charge >= 0.3 is 6.09 Å². The van der Waals surface area contributed by atoms with Crippen LogP contribution in [0.15, 0.2) is 0 Å². The second-order valence-corrected chi connectivity index (χ2v) is 7.23. The van der Waals surface area contributed by atoms with Crippen LogP contribution in [0.2, 0.25) is 0 Å². The minimum absolute atomic E-state index is 0.100. The molecule has 0 aromatic carbocycles. The van der Waals surface area contributed by atoms with Crippen LogP contribution in [0.25, 0.3) is 0 Å². The number of carboxylic acid groups (broad SMARTS) is 1. The first-order valence-electron chi connectivity index (χ1n) is 7.40. The van der Waals surface area contributed by atoms with Crippen molar-refractivity contribution in [3.05, 3.63) is 0 Å². The lowest BCUT2D eigenvalue weighted by molar-refractivity contribution is -0.311. The molecule has 0 aromatic rings. The minimum atomic E-state index is -0.920. The lowest BCUT2D eigenvalue weighted by atomic mass is 9.76. The number of carbonyl (C=O) groups is 2. The Hall–Kier alpha value is -1.26. The SMILES string of the molecule is CC(C)(C)OC(=O)N1CCC2(CCC(C(=O)[O-])C2)CC1. The first kappa shape index (κ1) is 15.1. The maximum atomic E-state index is 12.0. The van der Waals surface area contributed by atoms with E-state index in [2.05, 4.69) is 0 Å². The smallest absolute Gasteiger partial charge is 0.410 e. The molecule has 0 aromatic heterocycles. The van der Waals surface area contributed by atoms with Crippen molar-refractivity contribution in [2.45, 2.75) is 58.5 Å². The molecule has 1 saturated heterocycles. The lowest BCUT2D eigenvalue weighted by Crippen LogP contribution is -2.44. The standard InChI is InChI=1S/C15H25NO4/c1-14(2,3)20-13(19)16-8-6-15(7-9-16)5-4-11(10-15)12(17)18/h11H,4-10H2,1-3H3,(H,17,18)/p-1. The molecule has 0 bridgehead atoms. The van der Waals surface area contributed by atoms with Crippen molar-refractivity contribution >= 4 is 12.1 Å². The van der Waals surface area contributed by atoms with Gasteiger partial charge < -0.3 is 19.5 Å². The first-order chi connectivity index (χ1) is 9.21. The fourth-order valence-electron chi connectivity index (χ4n) is 3.35. The summed E-state index contributed by atoms with van der Waals surface area (Å²) in [6.07, 6.45) is 3.84. The van der Waals surface area contributed by atoms with E-state index in [-0.39, 0.29) is 17.4 Å². The zero-order chi connectivity index (χ0) is 15.0. The van der Waals surface area contributed by atoms with Gasteiger partial charge in [0.15, 0.2) is 0 Å². The monoisotopic (exact) mass is 282 g/mol. The van der Waals surface area contributed by atoms with Crippen molar-refractivity contribution in [3.8, 4) is 0 Å². The molecule has 1 saturated carbocycles. The van der Waals surface area contributed by atoms with Crippen LogP contribution >= 0.6 is 0 Å². The molecule has 5 heteroatoms. The maximum absolute atomic E-state index is 12.0. The van der Waals surface area contributed by atoms with Gasteiger partial charge in [-0.15, -0.1) is 0 Å². The molecule has 2 fully saturated rings. The second-order valence-electron chi connectivity index (χ2n) is 7.23.